The van der Waals surface area contributed by atoms with Crippen molar-refractivity contribution >= 4 is 17.6 Å². The van der Waals surface area contributed by atoms with Gasteiger partial charge in [-0.25, -0.2) is 0 Å². The minimum absolute atomic E-state index is 0.118. The Kier molecular flexibility index (Phi) is 3.80. The maximum Gasteiger partial charge on any atom is 0.323 e. The summed E-state index contributed by atoms with van der Waals surface area (Å²) in [6, 6.07) is 7.18. The number of halogens is 1. The molecule has 0 aliphatic carbocycles. The highest BCUT2D eigenvalue weighted by Gasteiger charge is 2.23. The van der Waals surface area contributed by atoms with Gasteiger partial charge in [-0.15, -0.1) is 0 Å². The number of hydrogen-bond donors (Lipinski definition) is 1. The van der Waals surface area contributed by atoms with Gasteiger partial charge in [0, 0.05) is 5.02 Å². The molecule has 0 aromatic heterocycles. The molecule has 1 fully saturated rings. The third kappa shape index (κ3) is 2.97. The summed E-state index contributed by atoms with van der Waals surface area (Å²) < 4.78 is 5.21. The molecular weight excluding hydrogens is 225 g/mol. The van der Waals surface area contributed by atoms with Crippen LogP contribution in [0.2, 0.25) is 5.02 Å². The van der Waals surface area contributed by atoms with Crippen LogP contribution in [0.3, 0.4) is 0 Å². The molecule has 1 saturated heterocycles. The number of carbonyl (C=O) groups excluding carboxylic acids is 1. The van der Waals surface area contributed by atoms with E-state index in [4.69, 9.17) is 16.3 Å². The van der Waals surface area contributed by atoms with Crippen molar-refractivity contribution in [3.63, 3.8) is 0 Å². The number of hydrogen-bond acceptors (Lipinski definition) is 3. The largest absolute Gasteiger partial charge is 0.460 e. The van der Waals surface area contributed by atoms with Gasteiger partial charge >= 0.3 is 5.97 Å². The van der Waals surface area contributed by atoms with Crippen molar-refractivity contribution in [3.05, 3.63) is 34.9 Å². The van der Waals surface area contributed by atoms with Crippen LogP contribution in [0.1, 0.15) is 18.4 Å². The van der Waals surface area contributed by atoms with Crippen LogP contribution in [0.15, 0.2) is 24.3 Å². The summed E-state index contributed by atoms with van der Waals surface area (Å²) in [6.07, 6.45) is 1.92. The topological polar surface area (TPSA) is 38.3 Å². The first-order valence-corrected chi connectivity index (χ1v) is 5.78. The summed E-state index contributed by atoms with van der Waals surface area (Å²) in [5.41, 5.74) is 0.954. The zero-order valence-corrected chi connectivity index (χ0v) is 9.67. The highest BCUT2D eigenvalue weighted by molar-refractivity contribution is 6.30. The zero-order chi connectivity index (χ0) is 11.4. The highest BCUT2D eigenvalue weighted by Crippen LogP contribution is 2.12. The van der Waals surface area contributed by atoms with Gasteiger partial charge in [0.25, 0.3) is 0 Å². The van der Waals surface area contributed by atoms with Crippen molar-refractivity contribution in [1.29, 1.82) is 0 Å². The predicted molar refractivity (Wildman–Crippen MR) is 62.3 cm³/mol. The number of rotatable bonds is 3. The molecule has 4 heteroatoms. The summed E-state index contributed by atoms with van der Waals surface area (Å²) in [6.45, 7) is 1.22. The van der Waals surface area contributed by atoms with E-state index in [0.29, 0.717) is 11.6 Å². The lowest BCUT2D eigenvalue weighted by Crippen LogP contribution is -2.32. The van der Waals surface area contributed by atoms with Gasteiger partial charge in [0.1, 0.15) is 12.6 Å². The van der Waals surface area contributed by atoms with Gasteiger partial charge in [0.2, 0.25) is 0 Å². The first kappa shape index (κ1) is 11.4. The van der Waals surface area contributed by atoms with Crippen LogP contribution in [-0.4, -0.2) is 18.6 Å². The monoisotopic (exact) mass is 239 g/mol. The quantitative estimate of drug-likeness (QED) is 0.821. The lowest BCUT2D eigenvalue weighted by atomic mass is 10.2. The lowest BCUT2D eigenvalue weighted by Gasteiger charge is -2.10. The van der Waals surface area contributed by atoms with Crippen LogP contribution in [0.25, 0.3) is 0 Å². The summed E-state index contributed by atoms with van der Waals surface area (Å²) in [4.78, 5) is 11.6. The molecule has 0 amide bonds. The molecular formula is C12H14ClNO2. The second-order valence-electron chi connectivity index (χ2n) is 3.88. The molecule has 1 heterocycles. The predicted octanol–water partition coefficient (Wildman–Crippen LogP) is 2.14. The molecule has 1 aromatic carbocycles. The summed E-state index contributed by atoms with van der Waals surface area (Å²) in [5.74, 6) is -0.160. The van der Waals surface area contributed by atoms with Crippen LogP contribution in [-0.2, 0) is 16.1 Å². The number of nitrogens with one attached hydrogen (secondary N) is 1. The Morgan fingerprint density at radius 1 is 1.44 bits per heavy atom. The van der Waals surface area contributed by atoms with E-state index in [1.807, 2.05) is 12.1 Å². The molecule has 0 unspecified atom stereocenters. The van der Waals surface area contributed by atoms with E-state index in [2.05, 4.69) is 5.32 Å². The van der Waals surface area contributed by atoms with Crippen LogP contribution in [0.5, 0.6) is 0 Å². The second-order valence-corrected chi connectivity index (χ2v) is 4.32. The van der Waals surface area contributed by atoms with E-state index < -0.39 is 0 Å². The number of esters is 1. The number of benzene rings is 1. The maximum absolute atomic E-state index is 11.6. The van der Waals surface area contributed by atoms with Crippen LogP contribution < -0.4 is 5.32 Å². The van der Waals surface area contributed by atoms with Gasteiger partial charge in [-0.05, 0) is 37.1 Å². The Hall–Kier alpha value is -1.06. The summed E-state index contributed by atoms with van der Waals surface area (Å²) in [5, 5.41) is 3.79. The highest BCUT2D eigenvalue weighted by atomic mass is 35.0. The van der Waals surface area contributed by atoms with Crippen molar-refractivity contribution in [2.75, 3.05) is 6.54 Å². The van der Waals surface area contributed by atoms with Gasteiger partial charge in [-0.3, -0.25) is 4.79 Å². The Labute approximate surface area is 99.7 Å². The molecule has 0 saturated carbocycles. The fourth-order valence-corrected chi connectivity index (χ4v) is 1.85. The zero-order valence-electron chi connectivity index (χ0n) is 8.91. The van der Waals surface area contributed by atoms with Crippen molar-refractivity contribution in [1.82, 2.24) is 5.32 Å². The molecule has 0 bridgehead atoms. The van der Waals surface area contributed by atoms with E-state index in [1.165, 1.54) is 0 Å². The van der Waals surface area contributed by atoms with Crippen LogP contribution in [0.4, 0.5) is 0 Å². The van der Waals surface area contributed by atoms with E-state index >= 15 is 0 Å². The van der Waals surface area contributed by atoms with Gasteiger partial charge in [-0.1, -0.05) is 23.7 Å². The molecule has 1 aromatic rings. The van der Waals surface area contributed by atoms with Crippen molar-refractivity contribution in [3.8, 4) is 0 Å². The third-order valence-electron chi connectivity index (χ3n) is 2.64. The molecule has 86 valence electrons. The fraction of sp³-hybridized carbons (Fsp3) is 0.417. The summed E-state index contributed by atoms with van der Waals surface area (Å²) in [7, 11) is 0. The van der Waals surface area contributed by atoms with Crippen LogP contribution >= 0.6 is 11.6 Å². The van der Waals surface area contributed by atoms with E-state index in [1.54, 1.807) is 12.1 Å². The third-order valence-corrected chi connectivity index (χ3v) is 2.89. The van der Waals surface area contributed by atoms with Gasteiger partial charge in [0.15, 0.2) is 0 Å². The second kappa shape index (κ2) is 5.32. The van der Waals surface area contributed by atoms with Crippen molar-refractivity contribution in [2.45, 2.75) is 25.5 Å². The van der Waals surface area contributed by atoms with Crippen molar-refractivity contribution < 1.29 is 9.53 Å². The van der Waals surface area contributed by atoms with Gasteiger partial charge < -0.3 is 10.1 Å². The normalized spacial score (nSPS) is 19.7. The molecule has 16 heavy (non-hydrogen) atoms. The summed E-state index contributed by atoms with van der Waals surface area (Å²) >= 11 is 5.76. The average molecular weight is 239 g/mol. The lowest BCUT2D eigenvalue weighted by molar-refractivity contribution is -0.147. The minimum Gasteiger partial charge on any atom is -0.460 e. The molecule has 0 radical (unpaired) electrons. The Bertz CT molecular complexity index is 358. The Morgan fingerprint density at radius 3 is 2.81 bits per heavy atom. The fourth-order valence-electron chi connectivity index (χ4n) is 1.72. The van der Waals surface area contributed by atoms with Gasteiger partial charge in [-0.2, -0.15) is 0 Å². The SMILES string of the molecule is O=C(OCc1ccc([35Cl])cc1)[C@@H]1CCCN1. The minimum atomic E-state index is -0.160. The standard InChI is InChI=1S/C12H14ClNO2/c13-10-5-3-9(4-6-10)8-16-12(15)11-2-1-7-14-11/h3-6,11,14H,1-2,7-8H2/t11-/m0/s1/i13+0. The van der Waals surface area contributed by atoms with Crippen LogP contribution in [0, 0.1) is 0 Å². The average Bonchev–Trinajstić information content (AvgIpc) is 2.81. The Morgan fingerprint density at radius 2 is 2.19 bits per heavy atom. The first-order valence-electron chi connectivity index (χ1n) is 5.40. The molecule has 0 spiro atoms. The van der Waals surface area contributed by atoms with Crippen molar-refractivity contribution in [2.24, 2.45) is 0 Å². The smallest absolute Gasteiger partial charge is 0.323 e. The first-order chi connectivity index (χ1) is 7.75. The molecule has 3 nitrogen and oxygen atoms in total. The molecule has 2 rings (SSSR count). The molecule has 1 atom stereocenters. The molecule has 1 aliphatic heterocycles. The number of ether oxygens (including phenoxy) is 1. The van der Waals surface area contributed by atoms with E-state index in [9.17, 15) is 4.79 Å². The van der Waals surface area contributed by atoms with E-state index in [0.717, 1.165) is 24.9 Å². The maximum atomic E-state index is 11.6. The van der Waals surface area contributed by atoms with Gasteiger partial charge in [0.05, 0.1) is 0 Å². The number of carbonyl (C=O) groups is 1. The molecule has 1 aliphatic rings. The molecule has 1 N–H and O–H groups in total. The van der Waals surface area contributed by atoms with E-state index in [-0.39, 0.29) is 12.0 Å². The Balaban J connectivity index is 1.82.